The normalized spacial score (nSPS) is 11.9. The molecule has 0 amide bonds. The molecule has 0 bridgehead atoms. The van der Waals surface area contributed by atoms with E-state index in [9.17, 15) is 5.11 Å². The Hall–Kier alpha value is -2.62. The molecule has 0 aliphatic carbocycles. The van der Waals surface area contributed by atoms with E-state index < -0.39 is 6.10 Å². The average molecular weight is 347 g/mol. The maximum atomic E-state index is 10.4. The zero-order valence-electron chi connectivity index (χ0n) is 15.1. The Balaban J connectivity index is 1.52. The molecule has 1 atom stereocenters. The summed E-state index contributed by atoms with van der Waals surface area (Å²) in [5, 5.41) is 13.7. The minimum Gasteiger partial charge on any atom is -0.489 e. The zero-order chi connectivity index (χ0) is 18.2. The number of nitrogens with one attached hydrogen (secondary N) is 1. The largest absolute Gasteiger partial charge is 0.489 e. The van der Waals surface area contributed by atoms with Gasteiger partial charge in [0.25, 0.3) is 0 Å². The predicted molar refractivity (Wildman–Crippen MR) is 105 cm³/mol. The summed E-state index contributed by atoms with van der Waals surface area (Å²) in [4.78, 5) is 0. The lowest BCUT2D eigenvalue weighted by Gasteiger charge is -2.15. The molecule has 0 spiro atoms. The summed E-state index contributed by atoms with van der Waals surface area (Å²) in [6, 6.07) is 26.2. The smallest absolute Gasteiger partial charge is 0.122 e. The van der Waals surface area contributed by atoms with Crippen LogP contribution in [0.2, 0.25) is 0 Å². The van der Waals surface area contributed by atoms with Crippen molar-refractivity contribution < 1.29 is 9.84 Å². The van der Waals surface area contributed by atoms with Crippen LogP contribution < -0.4 is 10.1 Å². The third-order valence-electron chi connectivity index (χ3n) is 4.33. The summed E-state index contributed by atoms with van der Waals surface area (Å²) < 4.78 is 5.90. The van der Waals surface area contributed by atoms with Crippen LogP contribution >= 0.6 is 0 Å². The van der Waals surface area contributed by atoms with Crippen LogP contribution in [0.5, 0.6) is 5.75 Å². The molecule has 0 fully saturated rings. The Bertz CT molecular complexity index is 803. The molecule has 134 valence electrons. The second-order valence-electron chi connectivity index (χ2n) is 6.43. The first-order valence-electron chi connectivity index (χ1n) is 8.92. The third kappa shape index (κ3) is 5.19. The number of benzene rings is 3. The summed E-state index contributed by atoms with van der Waals surface area (Å²) in [5.74, 6) is 0.849. The van der Waals surface area contributed by atoms with E-state index in [1.54, 1.807) is 0 Å². The first-order valence-corrected chi connectivity index (χ1v) is 8.92. The number of hydrogen-bond acceptors (Lipinski definition) is 3. The van der Waals surface area contributed by atoms with Crippen molar-refractivity contribution in [3.63, 3.8) is 0 Å². The van der Waals surface area contributed by atoms with Crippen molar-refractivity contribution in [3.8, 4) is 5.75 Å². The first kappa shape index (κ1) is 18.2. The molecule has 0 saturated heterocycles. The van der Waals surface area contributed by atoms with Gasteiger partial charge in [-0.3, -0.25) is 0 Å². The van der Waals surface area contributed by atoms with Crippen molar-refractivity contribution in [2.24, 2.45) is 0 Å². The monoisotopic (exact) mass is 347 g/mol. The molecule has 0 saturated carbocycles. The number of aliphatic hydroxyl groups is 1. The molecule has 26 heavy (non-hydrogen) atoms. The highest BCUT2D eigenvalue weighted by Crippen LogP contribution is 2.23. The molecule has 3 aromatic carbocycles. The van der Waals surface area contributed by atoms with Gasteiger partial charge in [0.2, 0.25) is 0 Å². The van der Waals surface area contributed by atoms with Crippen LogP contribution in [0.25, 0.3) is 0 Å². The van der Waals surface area contributed by atoms with Gasteiger partial charge in [0.15, 0.2) is 0 Å². The van der Waals surface area contributed by atoms with Crippen LogP contribution in [0.3, 0.4) is 0 Å². The Labute approximate surface area is 155 Å². The summed E-state index contributed by atoms with van der Waals surface area (Å²) in [6.07, 6.45) is -0.541. The fraction of sp³-hybridized carbons (Fsp3) is 0.217. The summed E-state index contributed by atoms with van der Waals surface area (Å²) in [6.45, 7) is 3.81. The van der Waals surface area contributed by atoms with Crippen molar-refractivity contribution in [2.75, 3.05) is 6.54 Å². The van der Waals surface area contributed by atoms with Crippen molar-refractivity contribution in [3.05, 3.63) is 101 Å². The molecule has 2 N–H and O–H groups in total. The topological polar surface area (TPSA) is 41.5 Å². The van der Waals surface area contributed by atoms with Gasteiger partial charge in [-0.1, -0.05) is 66.7 Å². The molecule has 1 unspecified atom stereocenters. The highest BCUT2D eigenvalue weighted by molar-refractivity contribution is 5.37. The van der Waals surface area contributed by atoms with Gasteiger partial charge in [0.1, 0.15) is 12.4 Å². The molecule has 0 radical (unpaired) electrons. The van der Waals surface area contributed by atoms with E-state index in [-0.39, 0.29) is 0 Å². The highest BCUT2D eigenvalue weighted by Gasteiger charge is 2.10. The lowest BCUT2D eigenvalue weighted by atomic mass is 10.1. The minimum absolute atomic E-state index is 0.512. The molecule has 3 aromatic rings. The average Bonchev–Trinajstić information content (AvgIpc) is 2.68. The second-order valence-corrected chi connectivity index (χ2v) is 6.43. The van der Waals surface area contributed by atoms with Gasteiger partial charge in [-0.15, -0.1) is 0 Å². The lowest BCUT2D eigenvalue weighted by Crippen LogP contribution is -2.21. The lowest BCUT2D eigenvalue weighted by molar-refractivity contribution is 0.174. The van der Waals surface area contributed by atoms with Crippen LogP contribution in [0, 0.1) is 6.92 Å². The molecule has 3 rings (SSSR count). The van der Waals surface area contributed by atoms with E-state index in [1.165, 1.54) is 5.56 Å². The van der Waals surface area contributed by atoms with Gasteiger partial charge in [0.05, 0.1) is 6.10 Å². The van der Waals surface area contributed by atoms with E-state index in [0.29, 0.717) is 13.2 Å². The van der Waals surface area contributed by atoms with E-state index in [2.05, 4.69) is 17.4 Å². The fourth-order valence-corrected chi connectivity index (χ4v) is 2.84. The number of ether oxygens (including phenoxy) is 1. The standard InChI is InChI=1S/C23H25NO2/c1-18-14-21(22(25)16-24-15-19-8-4-2-5-9-19)12-13-23(18)26-17-20-10-6-3-7-11-20/h2-14,22,24-25H,15-17H2,1H3. The molecule has 0 aromatic heterocycles. The van der Waals surface area contributed by atoms with E-state index in [0.717, 1.165) is 29.0 Å². The predicted octanol–water partition coefficient (Wildman–Crippen LogP) is 4.40. The molecule has 0 aliphatic heterocycles. The minimum atomic E-state index is -0.541. The van der Waals surface area contributed by atoms with Crippen molar-refractivity contribution in [2.45, 2.75) is 26.2 Å². The van der Waals surface area contributed by atoms with E-state index in [4.69, 9.17) is 4.74 Å². The van der Waals surface area contributed by atoms with Gasteiger partial charge >= 0.3 is 0 Å². The van der Waals surface area contributed by atoms with Crippen LogP contribution in [-0.2, 0) is 13.2 Å². The van der Waals surface area contributed by atoms with Gasteiger partial charge in [0, 0.05) is 13.1 Å². The Morgan fingerprint density at radius 1 is 0.885 bits per heavy atom. The van der Waals surface area contributed by atoms with Gasteiger partial charge in [-0.05, 0) is 41.3 Å². The molecule has 0 heterocycles. The van der Waals surface area contributed by atoms with Crippen molar-refractivity contribution in [1.29, 1.82) is 0 Å². The van der Waals surface area contributed by atoms with Crippen molar-refractivity contribution in [1.82, 2.24) is 5.32 Å². The maximum Gasteiger partial charge on any atom is 0.122 e. The van der Waals surface area contributed by atoms with Gasteiger partial charge in [-0.25, -0.2) is 0 Å². The highest BCUT2D eigenvalue weighted by atomic mass is 16.5. The fourth-order valence-electron chi connectivity index (χ4n) is 2.84. The van der Waals surface area contributed by atoms with E-state index >= 15 is 0 Å². The molecule has 3 heteroatoms. The number of aliphatic hydroxyl groups excluding tert-OH is 1. The zero-order valence-corrected chi connectivity index (χ0v) is 15.1. The molecular weight excluding hydrogens is 322 g/mol. The van der Waals surface area contributed by atoms with Crippen LogP contribution in [0.15, 0.2) is 78.9 Å². The quantitative estimate of drug-likeness (QED) is 0.635. The van der Waals surface area contributed by atoms with Crippen LogP contribution in [0.4, 0.5) is 0 Å². The third-order valence-corrected chi connectivity index (χ3v) is 4.33. The number of hydrogen-bond donors (Lipinski definition) is 2. The van der Waals surface area contributed by atoms with Crippen LogP contribution in [0.1, 0.15) is 28.4 Å². The van der Waals surface area contributed by atoms with Crippen LogP contribution in [-0.4, -0.2) is 11.7 Å². The van der Waals surface area contributed by atoms with Crippen molar-refractivity contribution >= 4 is 0 Å². The first-order chi connectivity index (χ1) is 12.7. The van der Waals surface area contributed by atoms with Gasteiger partial charge in [-0.2, -0.15) is 0 Å². The Morgan fingerprint density at radius 2 is 1.54 bits per heavy atom. The second kappa shape index (κ2) is 9.18. The number of rotatable bonds is 8. The Morgan fingerprint density at radius 3 is 2.19 bits per heavy atom. The molecule has 0 aliphatic rings. The maximum absolute atomic E-state index is 10.4. The number of aryl methyl sites for hydroxylation is 1. The SMILES string of the molecule is Cc1cc(C(O)CNCc2ccccc2)ccc1OCc1ccccc1. The summed E-state index contributed by atoms with van der Waals surface area (Å²) in [5.41, 5.74) is 4.28. The Kier molecular flexibility index (Phi) is 6.42. The molecule has 3 nitrogen and oxygen atoms in total. The van der Waals surface area contributed by atoms with Gasteiger partial charge < -0.3 is 15.2 Å². The summed E-state index contributed by atoms with van der Waals surface area (Å²) in [7, 11) is 0. The van der Waals surface area contributed by atoms with E-state index in [1.807, 2.05) is 73.7 Å². The summed E-state index contributed by atoms with van der Waals surface area (Å²) >= 11 is 0. The molecular formula is C23H25NO2.